The Morgan fingerprint density at radius 2 is 2.33 bits per heavy atom. The van der Waals surface area contributed by atoms with Gasteiger partial charge in [0.05, 0.1) is 13.2 Å². The van der Waals surface area contributed by atoms with Crippen molar-refractivity contribution in [2.75, 3.05) is 7.11 Å². The summed E-state index contributed by atoms with van der Waals surface area (Å²) in [7, 11) is 1.66. The normalized spacial score (nSPS) is 18.4. The highest BCUT2D eigenvalue weighted by Gasteiger charge is 2.23. The highest BCUT2D eigenvalue weighted by atomic mass is 16.5. The summed E-state index contributed by atoms with van der Waals surface area (Å²) in [5, 5.41) is 2.95. The summed E-state index contributed by atoms with van der Waals surface area (Å²) in [5.74, 6) is 0.877. The van der Waals surface area contributed by atoms with Crippen LogP contribution >= 0.6 is 0 Å². The van der Waals surface area contributed by atoms with Crippen LogP contribution in [-0.4, -0.2) is 13.0 Å². The number of amides is 1. The number of methoxy groups -OCH3 is 1. The van der Waals surface area contributed by atoms with Crippen molar-refractivity contribution in [2.24, 2.45) is 0 Å². The van der Waals surface area contributed by atoms with E-state index < -0.39 is 0 Å². The molecule has 0 aliphatic heterocycles. The van der Waals surface area contributed by atoms with Gasteiger partial charge in [-0.15, -0.1) is 0 Å². The Balaban J connectivity index is 2.27. The maximum Gasteiger partial charge on any atom is 0.217 e. The predicted molar refractivity (Wildman–Crippen MR) is 57.9 cm³/mol. The third-order valence-electron chi connectivity index (χ3n) is 2.81. The van der Waals surface area contributed by atoms with Gasteiger partial charge in [-0.1, -0.05) is 6.07 Å². The van der Waals surface area contributed by atoms with Crippen molar-refractivity contribution in [1.82, 2.24) is 5.32 Å². The summed E-state index contributed by atoms with van der Waals surface area (Å²) in [6.45, 7) is 1.55. The van der Waals surface area contributed by atoms with Crippen LogP contribution in [0.1, 0.15) is 30.5 Å². The molecule has 1 aliphatic rings. The quantitative estimate of drug-likeness (QED) is 0.799. The molecule has 3 nitrogen and oxygen atoms in total. The zero-order chi connectivity index (χ0) is 10.8. The van der Waals surface area contributed by atoms with Crippen LogP contribution < -0.4 is 10.1 Å². The predicted octanol–water partition coefficient (Wildman–Crippen LogP) is 1.82. The highest BCUT2D eigenvalue weighted by molar-refractivity contribution is 5.73. The van der Waals surface area contributed by atoms with E-state index in [1.165, 1.54) is 11.1 Å². The van der Waals surface area contributed by atoms with Gasteiger partial charge in [0, 0.05) is 6.92 Å². The molecule has 1 aliphatic carbocycles. The first kappa shape index (κ1) is 10.0. The number of carbonyl (C=O) groups excluding carboxylic acids is 1. The van der Waals surface area contributed by atoms with E-state index in [1.807, 2.05) is 12.1 Å². The number of carbonyl (C=O) groups is 1. The van der Waals surface area contributed by atoms with Gasteiger partial charge in [-0.2, -0.15) is 0 Å². The van der Waals surface area contributed by atoms with E-state index in [0.717, 1.165) is 18.6 Å². The van der Waals surface area contributed by atoms with Gasteiger partial charge in [0.25, 0.3) is 0 Å². The van der Waals surface area contributed by atoms with Crippen LogP contribution in [0.15, 0.2) is 18.2 Å². The van der Waals surface area contributed by atoms with Gasteiger partial charge in [0.15, 0.2) is 0 Å². The van der Waals surface area contributed by atoms with Crippen molar-refractivity contribution in [3.63, 3.8) is 0 Å². The molecule has 80 valence electrons. The van der Waals surface area contributed by atoms with E-state index >= 15 is 0 Å². The fraction of sp³-hybridized carbons (Fsp3) is 0.417. The average molecular weight is 205 g/mol. The highest BCUT2D eigenvalue weighted by Crippen LogP contribution is 2.33. The number of hydrogen-bond donors (Lipinski definition) is 1. The molecule has 1 N–H and O–H groups in total. The Morgan fingerprint density at radius 1 is 1.53 bits per heavy atom. The number of hydrogen-bond acceptors (Lipinski definition) is 2. The molecule has 1 atom stereocenters. The molecule has 15 heavy (non-hydrogen) atoms. The van der Waals surface area contributed by atoms with Crippen LogP contribution in [-0.2, 0) is 11.2 Å². The van der Waals surface area contributed by atoms with Gasteiger partial charge >= 0.3 is 0 Å². The lowest BCUT2D eigenvalue weighted by Gasteiger charge is -2.13. The molecule has 0 saturated carbocycles. The van der Waals surface area contributed by atoms with Gasteiger partial charge < -0.3 is 10.1 Å². The molecule has 1 aromatic rings. The Hall–Kier alpha value is -1.51. The summed E-state index contributed by atoms with van der Waals surface area (Å²) >= 11 is 0. The maximum absolute atomic E-state index is 11.0. The lowest BCUT2D eigenvalue weighted by atomic mass is 10.1. The molecule has 0 fully saturated rings. The largest absolute Gasteiger partial charge is 0.497 e. The summed E-state index contributed by atoms with van der Waals surface area (Å²) in [6.07, 6.45) is 2.02. The Morgan fingerprint density at radius 3 is 3.00 bits per heavy atom. The fourth-order valence-corrected chi connectivity index (χ4v) is 2.10. The minimum Gasteiger partial charge on any atom is -0.497 e. The molecular weight excluding hydrogens is 190 g/mol. The molecule has 0 saturated heterocycles. The zero-order valence-corrected chi connectivity index (χ0v) is 9.04. The van der Waals surface area contributed by atoms with Crippen molar-refractivity contribution in [2.45, 2.75) is 25.8 Å². The van der Waals surface area contributed by atoms with Crippen LogP contribution in [0.2, 0.25) is 0 Å². The minimum absolute atomic E-state index is 0.0238. The van der Waals surface area contributed by atoms with E-state index in [-0.39, 0.29) is 11.9 Å². The zero-order valence-electron chi connectivity index (χ0n) is 9.04. The molecule has 1 aromatic carbocycles. The van der Waals surface area contributed by atoms with Gasteiger partial charge in [-0.3, -0.25) is 4.79 Å². The molecule has 0 aromatic heterocycles. The second kappa shape index (κ2) is 3.93. The molecule has 0 radical (unpaired) electrons. The number of aryl methyl sites for hydroxylation is 1. The summed E-state index contributed by atoms with van der Waals surface area (Å²) < 4.78 is 5.18. The van der Waals surface area contributed by atoms with E-state index in [4.69, 9.17) is 4.74 Å². The number of ether oxygens (including phenoxy) is 1. The van der Waals surface area contributed by atoms with Crippen LogP contribution in [0, 0.1) is 0 Å². The third kappa shape index (κ3) is 1.96. The topological polar surface area (TPSA) is 38.3 Å². The number of rotatable bonds is 2. The molecule has 3 heteroatoms. The van der Waals surface area contributed by atoms with Crippen molar-refractivity contribution in [1.29, 1.82) is 0 Å². The number of nitrogens with one attached hydrogen (secondary N) is 1. The van der Waals surface area contributed by atoms with E-state index in [1.54, 1.807) is 14.0 Å². The lowest BCUT2D eigenvalue weighted by molar-refractivity contribution is -0.119. The molecular formula is C12H15NO2. The summed E-state index contributed by atoms with van der Waals surface area (Å²) in [6, 6.07) is 6.22. The van der Waals surface area contributed by atoms with Gasteiger partial charge in [-0.05, 0) is 36.1 Å². The van der Waals surface area contributed by atoms with Gasteiger partial charge in [0.1, 0.15) is 5.75 Å². The first-order valence-corrected chi connectivity index (χ1v) is 5.14. The standard InChI is InChI=1S/C12H15NO2/c1-8(14)13-12-6-4-9-3-5-10(15-2)7-11(9)12/h3,5,7,12H,4,6H2,1-2H3,(H,13,14). The third-order valence-corrected chi connectivity index (χ3v) is 2.81. The van der Waals surface area contributed by atoms with Gasteiger partial charge in [-0.25, -0.2) is 0 Å². The second-order valence-electron chi connectivity index (χ2n) is 3.86. The Kier molecular flexibility index (Phi) is 2.62. The average Bonchev–Trinajstić information content (AvgIpc) is 2.60. The SMILES string of the molecule is COc1ccc2c(c1)C(NC(C)=O)CC2. The number of benzene rings is 1. The van der Waals surface area contributed by atoms with Crippen LogP contribution in [0.4, 0.5) is 0 Å². The first-order chi connectivity index (χ1) is 7.20. The molecule has 1 unspecified atom stereocenters. The second-order valence-corrected chi connectivity index (χ2v) is 3.86. The number of fused-ring (bicyclic) bond motifs is 1. The maximum atomic E-state index is 11.0. The van der Waals surface area contributed by atoms with E-state index in [0.29, 0.717) is 0 Å². The van der Waals surface area contributed by atoms with Crippen molar-refractivity contribution in [3.8, 4) is 5.75 Å². The van der Waals surface area contributed by atoms with Crippen LogP contribution in [0.5, 0.6) is 5.75 Å². The Labute approximate surface area is 89.4 Å². The fourth-order valence-electron chi connectivity index (χ4n) is 2.10. The Bertz CT molecular complexity index is 387. The van der Waals surface area contributed by atoms with Crippen LogP contribution in [0.25, 0.3) is 0 Å². The summed E-state index contributed by atoms with van der Waals surface area (Å²) in [4.78, 5) is 11.0. The molecule has 0 spiro atoms. The molecule has 0 heterocycles. The first-order valence-electron chi connectivity index (χ1n) is 5.14. The summed E-state index contributed by atoms with van der Waals surface area (Å²) in [5.41, 5.74) is 2.51. The lowest BCUT2D eigenvalue weighted by Crippen LogP contribution is -2.24. The van der Waals surface area contributed by atoms with Crippen molar-refractivity contribution < 1.29 is 9.53 Å². The van der Waals surface area contributed by atoms with Crippen molar-refractivity contribution in [3.05, 3.63) is 29.3 Å². The molecule has 0 bridgehead atoms. The van der Waals surface area contributed by atoms with E-state index in [2.05, 4.69) is 11.4 Å². The van der Waals surface area contributed by atoms with E-state index in [9.17, 15) is 4.79 Å². The molecule has 2 rings (SSSR count). The van der Waals surface area contributed by atoms with Crippen molar-refractivity contribution >= 4 is 5.91 Å². The van der Waals surface area contributed by atoms with Gasteiger partial charge in [0.2, 0.25) is 5.91 Å². The van der Waals surface area contributed by atoms with Crippen LogP contribution in [0.3, 0.4) is 0 Å². The minimum atomic E-state index is 0.0238. The monoisotopic (exact) mass is 205 g/mol. The smallest absolute Gasteiger partial charge is 0.217 e. The molecule has 1 amide bonds.